The molecule has 37 heavy (non-hydrogen) atoms. The fourth-order valence-electron chi connectivity index (χ4n) is 3.64. The zero-order valence-electron chi connectivity index (χ0n) is 20.8. The molecule has 1 unspecified atom stereocenters. The van der Waals surface area contributed by atoms with Gasteiger partial charge in [-0.3, -0.25) is 10.1 Å². The van der Waals surface area contributed by atoms with Gasteiger partial charge in [-0.05, 0) is 50.0 Å². The Labute approximate surface area is 229 Å². The van der Waals surface area contributed by atoms with Crippen LogP contribution in [0.4, 0.5) is 9.52 Å². The molecule has 0 radical (unpaired) electrons. The van der Waals surface area contributed by atoms with Crippen molar-refractivity contribution in [1.82, 2.24) is 4.98 Å². The zero-order chi connectivity index (χ0) is 27.3. The van der Waals surface area contributed by atoms with Gasteiger partial charge in [0.15, 0.2) is 5.13 Å². The highest BCUT2D eigenvalue weighted by atomic mass is 35.5. The maximum Gasteiger partial charge on any atom is 0.331 e. The monoisotopic (exact) mass is 564 g/mol. The minimum absolute atomic E-state index is 0.0457. The summed E-state index contributed by atoms with van der Waals surface area (Å²) in [4.78, 5) is 28.3. The lowest BCUT2D eigenvalue weighted by Crippen LogP contribution is -2.12. The molecule has 2 N–H and O–H groups in total. The number of ether oxygens (including phenoxy) is 1. The second-order valence-corrected chi connectivity index (χ2v) is 10.6. The van der Waals surface area contributed by atoms with Gasteiger partial charge >= 0.3 is 5.97 Å². The van der Waals surface area contributed by atoms with Gasteiger partial charge in [-0.2, -0.15) is 0 Å². The molecule has 196 valence electrons. The van der Waals surface area contributed by atoms with Crippen LogP contribution in [0.1, 0.15) is 61.2 Å². The van der Waals surface area contributed by atoms with E-state index in [1.54, 1.807) is 30.7 Å². The number of aromatic nitrogens is 1. The van der Waals surface area contributed by atoms with Crippen molar-refractivity contribution in [2.45, 2.75) is 39.7 Å². The Morgan fingerprint density at radius 2 is 1.89 bits per heavy atom. The Kier molecular flexibility index (Phi) is 9.84. The van der Waals surface area contributed by atoms with E-state index in [9.17, 15) is 9.59 Å². The summed E-state index contributed by atoms with van der Waals surface area (Å²) in [5.74, 6) is -1.55. The SMILES string of the molecule is COC(CCC(C)C)c1cccc(-c2csc(NC(=O)c3cc(Cl)c(/C=C(\C)C(=O)O)c(Cl)c3)n2)c1F. The van der Waals surface area contributed by atoms with E-state index in [4.69, 9.17) is 33.0 Å². The fraction of sp³-hybridized carbons (Fsp3) is 0.296. The van der Waals surface area contributed by atoms with Crippen LogP contribution in [0.15, 0.2) is 41.3 Å². The van der Waals surface area contributed by atoms with Crippen LogP contribution in [0.5, 0.6) is 0 Å². The first-order chi connectivity index (χ1) is 17.5. The van der Waals surface area contributed by atoms with Crippen LogP contribution < -0.4 is 5.32 Å². The van der Waals surface area contributed by atoms with Crippen LogP contribution in [0.2, 0.25) is 10.0 Å². The molecule has 0 fully saturated rings. The average Bonchev–Trinajstić information content (AvgIpc) is 3.30. The molecule has 3 rings (SSSR count). The lowest BCUT2D eigenvalue weighted by Gasteiger charge is -2.18. The zero-order valence-corrected chi connectivity index (χ0v) is 23.1. The van der Waals surface area contributed by atoms with Crippen LogP contribution in [-0.4, -0.2) is 29.1 Å². The summed E-state index contributed by atoms with van der Waals surface area (Å²) in [6.07, 6.45) is 2.57. The van der Waals surface area contributed by atoms with Gasteiger partial charge < -0.3 is 9.84 Å². The number of benzene rings is 2. The lowest BCUT2D eigenvalue weighted by atomic mass is 9.97. The highest BCUT2D eigenvalue weighted by Crippen LogP contribution is 2.34. The predicted octanol–water partition coefficient (Wildman–Crippen LogP) is 8.12. The number of aliphatic carboxylic acids is 1. The van der Waals surface area contributed by atoms with Crippen molar-refractivity contribution in [3.05, 3.63) is 73.8 Å². The van der Waals surface area contributed by atoms with Crippen molar-refractivity contribution in [2.24, 2.45) is 5.92 Å². The van der Waals surface area contributed by atoms with Crippen LogP contribution >= 0.6 is 34.5 Å². The molecule has 2 aromatic carbocycles. The number of hydrogen-bond acceptors (Lipinski definition) is 5. The number of nitrogens with zero attached hydrogens (tertiary/aromatic N) is 1. The molecular formula is C27H27Cl2FN2O4S. The molecule has 1 amide bonds. The quantitative estimate of drug-likeness (QED) is 0.243. The van der Waals surface area contributed by atoms with Crippen LogP contribution in [-0.2, 0) is 9.53 Å². The number of halogens is 3. The van der Waals surface area contributed by atoms with Gasteiger partial charge in [0.25, 0.3) is 5.91 Å². The number of thiazole rings is 1. The van der Waals surface area contributed by atoms with E-state index >= 15 is 4.39 Å². The van der Waals surface area contributed by atoms with Crippen LogP contribution in [0.3, 0.4) is 0 Å². The molecule has 0 bridgehead atoms. The lowest BCUT2D eigenvalue weighted by molar-refractivity contribution is -0.132. The molecule has 10 heteroatoms. The normalized spacial score (nSPS) is 12.6. The highest BCUT2D eigenvalue weighted by Gasteiger charge is 2.21. The molecule has 1 heterocycles. The standard InChI is InChI=1S/C27H27Cl2FN2O4S/c1-14(2)8-9-23(36-4)18-7-5-6-17(24(18)30)22-13-37-27(31-22)32-25(33)16-11-20(28)19(21(29)12-16)10-15(3)26(34)35/h5-7,10-14,23H,8-9H2,1-4H3,(H,34,35)(H,31,32,33)/b15-10+. The smallest absolute Gasteiger partial charge is 0.331 e. The molecule has 0 aliphatic heterocycles. The number of amides is 1. The fourth-order valence-corrected chi connectivity index (χ4v) is 4.94. The molecule has 0 spiro atoms. The summed E-state index contributed by atoms with van der Waals surface area (Å²) in [6.45, 7) is 5.63. The van der Waals surface area contributed by atoms with Crippen molar-refractivity contribution in [2.75, 3.05) is 12.4 Å². The van der Waals surface area contributed by atoms with E-state index in [1.807, 2.05) is 0 Å². The molecule has 0 aliphatic rings. The van der Waals surface area contributed by atoms with Crippen molar-refractivity contribution in [3.8, 4) is 11.3 Å². The van der Waals surface area contributed by atoms with E-state index < -0.39 is 17.7 Å². The first-order valence-corrected chi connectivity index (χ1v) is 13.1. The number of methoxy groups -OCH3 is 1. The Hall–Kier alpha value is -2.78. The van der Waals surface area contributed by atoms with Crippen molar-refractivity contribution in [1.29, 1.82) is 0 Å². The number of carboxylic acid groups (broad SMARTS) is 1. The molecule has 0 aliphatic carbocycles. The van der Waals surface area contributed by atoms with Crippen LogP contribution in [0, 0.1) is 11.7 Å². The second-order valence-electron chi connectivity index (χ2n) is 8.88. The van der Waals surface area contributed by atoms with Gasteiger partial charge in [-0.25, -0.2) is 14.2 Å². The largest absolute Gasteiger partial charge is 0.478 e. The summed E-state index contributed by atoms with van der Waals surface area (Å²) in [5.41, 5.74) is 1.68. The summed E-state index contributed by atoms with van der Waals surface area (Å²) < 4.78 is 21.0. The molecule has 1 atom stereocenters. The Morgan fingerprint density at radius 1 is 1.22 bits per heavy atom. The second kappa shape index (κ2) is 12.6. The van der Waals surface area contributed by atoms with E-state index in [0.717, 1.165) is 17.8 Å². The summed E-state index contributed by atoms with van der Waals surface area (Å²) in [5, 5.41) is 13.9. The Bertz CT molecular complexity index is 1320. The maximum atomic E-state index is 15.5. The third kappa shape index (κ3) is 7.17. The van der Waals surface area contributed by atoms with E-state index in [2.05, 4.69) is 24.1 Å². The predicted molar refractivity (Wildman–Crippen MR) is 147 cm³/mol. The number of carboxylic acids is 1. The van der Waals surface area contributed by atoms with Crippen molar-refractivity contribution < 1.29 is 23.8 Å². The summed E-state index contributed by atoms with van der Waals surface area (Å²) in [6, 6.07) is 7.90. The number of carbonyl (C=O) groups excluding carboxylic acids is 1. The number of anilines is 1. The molecule has 0 saturated carbocycles. The molecule has 0 saturated heterocycles. The minimum Gasteiger partial charge on any atom is -0.478 e. The van der Waals surface area contributed by atoms with Crippen molar-refractivity contribution in [3.63, 3.8) is 0 Å². The number of hydrogen-bond donors (Lipinski definition) is 2. The Balaban J connectivity index is 1.81. The first-order valence-electron chi connectivity index (χ1n) is 11.5. The number of nitrogens with one attached hydrogen (secondary N) is 1. The molecule has 6 nitrogen and oxygen atoms in total. The molecule has 1 aromatic heterocycles. The third-order valence-electron chi connectivity index (χ3n) is 5.71. The van der Waals surface area contributed by atoms with E-state index in [-0.39, 0.29) is 32.4 Å². The maximum absolute atomic E-state index is 15.5. The van der Waals surface area contributed by atoms with Gasteiger partial charge in [-0.15, -0.1) is 11.3 Å². The summed E-state index contributed by atoms with van der Waals surface area (Å²) >= 11 is 13.7. The minimum atomic E-state index is -1.11. The van der Waals surface area contributed by atoms with Gasteiger partial charge in [0.05, 0.1) is 21.8 Å². The van der Waals surface area contributed by atoms with Gasteiger partial charge in [0.2, 0.25) is 0 Å². The number of carbonyl (C=O) groups is 2. The first kappa shape index (κ1) is 28.8. The number of rotatable bonds is 10. The average molecular weight is 565 g/mol. The van der Waals surface area contributed by atoms with E-state index in [0.29, 0.717) is 34.7 Å². The molecular weight excluding hydrogens is 538 g/mol. The third-order valence-corrected chi connectivity index (χ3v) is 7.09. The van der Waals surface area contributed by atoms with Gasteiger partial charge in [-0.1, -0.05) is 49.2 Å². The van der Waals surface area contributed by atoms with Gasteiger partial charge in [0.1, 0.15) is 5.82 Å². The topological polar surface area (TPSA) is 88.5 Å². The van der Waals surface area contributed by atoms with E-state index in [1.165, 1.54) is 25.1 Å². The Morgan fingerprint density at radius 3 is 2.49 bits per heavy atom. The highest BCUT2D eigenvalue weighted by molar-refractivity contribution is 7.14. The van der Waals surface area contributed by atoms with Gasteiger partial charge in [0, 0.05) is 40.3 Å². The molecule has 3 aromatic rings. The van der Waals surface area contributed by atoms with Crippen LogP contribution in [0.25, 0.3) is 17.3 Å². The van der Waals surface area contributed by atoms with Crippen molar-refractivity contribution >= 4 is 57.6 Å². The summed E-state index contributed by atoms with van der Waals surface area (Å²) in [7, 11) is 1.57.